The molecular formula is C15H20Cl2N4OS. The summed E-state index contributed by atoms with van der Waals surface area (Å²) in [4.78, 5) is 20.6. The van der Waals surface area contributed by atoms with Crippen LogP contribution in [0.4, 0.5) is 5.13 Å². The second kappa shape index (κ2) is 9.82. The van der Waals surface area contributed by atoms with E-state index in [1.165, 1.54) is 17.8 Å². The Morgan fingerprint density at radius 1 is 1.35 bits per heavy atom. The third-order valence-corrected chi connectivity index (χ3v) is 4.38. The lowest BCUT2D eigenvalue weighted by Gasteiger charge is -2.06. The van der Waals surface area contributed by atoms with Crippen molar-refractivity contribution in [3.05, 3.63) is 29.8 Å². The molecule has 0 radical (unpaired) electrons. The summed E-state index contributed by atoms with van der Waals surface area (Å²) in [6.07, 6.45) is 4.42. The lowest BCUT2D eigenvalue weighted by atomic mass is 10.0. The van der Waals surface area contributed by atoms with Crippen LogP contribution in [-0.4, -0.2) is 29.0 Å². The molecule has 126 valence electrons. The van der Waals surface area contributed by atoms with Gasteiger partial charge < -0.3 is 10.6 Å². The second-order valence-corrected chi connectivity index (χ2v) is 6.06. The lowest BCUT2D eigenvalue weighted by Crippen LogP contribution is -2.14. The monoisotopic (exact) mass is 374 g/mol. The smallest absolute Gasteiger partial charge is 0.226 e. The van der Waals surface area contributed by atoms with Gasteiger partial charge in [-0.25, -0.2) is 4.98 Å². The molecule has 5 nitrogen and oxygen atoms in total. The first kappa shape index (κ1) is 19.8. The van der Waals surface area contributed by atoms with Gasteiger partial charge in [0.2, 0.25) is 5.91 Å². The number of rotatable bonds is 5. The fourth-order valence-electron chi connectivity index (χ4n) is 2.44. The molecule has 0 aliphatic carbocycles. The zero-order valence-corrected chi connectivity index (χ0v) is 15.0. The molecule has 1 saturated heterocycles. The van der Waals surface area contributed by atoms with Crippen LogP contribution in [0.3, 0.4) is 0 Å². The molecule has 1 aliphatic rings. The van der Waals surface area contributed by atoms with Crippen molar-refractivity contribution in [2.45, 2.75) is 19.3 Å². The molecule has 3 rings (SSSR count). The Morgan fingerprint density at radius 3 is 2.91 bits per heavy atom. The predicted octanol–water partition coefficient (Wildman–Crippen LogP) is 3.38. The van der Waals surface area contributed by atoms with Crippen molar-refractivity contribution in [2.24, 2.45) is 5.92 Å². The number of aromatic nitrogens is 2. The molecule has 0 bridgehead atoms. The van der Waals surface area contributed by atoms with Crippen LogP contribution < -0.4 is 10.6 Å². The van der Waals surface area contributed by atoms with Crippen LogP contribution in [0.25, 0.3) is 11.4 Å². The second-order valence-electron chi connectivity index (χ2n) is 5.20. The Kier molecular flexibility index (Phi) is 8.47. The van der Waals surface area contributed by atoms with E-state index in [0.717, 1.165) is 30.9 Å². The highest BCUT2D eigenvalue weighted by atomic mass is 35.5. The van der Waals surface area contributed by atoms with Gasteiger partial charge >= 0.3 is 0 Å². The molecule has 0 spiro atoms. The topological polar surface area (TPSA) is 66.9 Å². The van der Waals surface area contributed by atoms with Crippen LogP contribution in [0.1, 0.15) is 19.3 Å². The van der Waals surface area contributed by atoms with E-state index in [-0.39, 0.29) is 30.7 Å². The van der Waals surface area contributed by atoms with Crippen LogP contribution in [0.15, 0.2) is 29.8 Å². The molecule has 1 fully saturated rings. The van der Waals surface area contributed by atoms with E-state index in [0.29, 0.717) is 17.5 Å². The highest BCUT2D eigenvalue weighted by Gasteiger charge is 2.16. The van der Waals surface area contributed by atoms with E-state index in [1.54, 1.807) is 6.20 Å². The van der Waals surface area contributed by atoms with Crippen molar-refractivity contribution < 1.29 is 4.79 Å². The number of nitrogens with zero attached hydrogens (tertiary/aromatic N) is 2. The van der Waals surface area contributed by atoms with E-state index in [4.69, 9.17) is 0 Å². The van der Waals surface area contributed by atoms with Gasteiger partial charge in [0, 0.05) is 18.0 Å². The molecule has 8 heteroatoms. The van der Waals surface area contributed by atoms with Crippen LogP contribution in [0.2, 0.25) is 0 Å². The molecule has 23 heavy (non-hydrogen) atoms. The maximum absolute atomic E-state index is 11.9. The van der Waals surface area contributed by atoms with Gasteiger partial charge in [0.25, 0.3) is 0 Å². The van der Waals surface area contributed by atoms with Crippen molar-refractivity contribution in [3.8, 4) is 11.4 Å². The molecule has 2 N–H and O–H groups in total. The summed E-state index contributed by atoms with van der Waals surface area (Å²) >= 11 is 1.44. The molecule has 1 amide bonds. The lowest BCUT2D eigenvalue weighted by molar-refractivity contribution is -0.116. The fourth-order valence-corrected chi connectivity index (χ4v) is 3.16. The molecular weight excluding hydrogens is 355 g/mol. The predicted molar refractivity (Wildman–Crippen MR) is 98.7 cm³/mol. The number of carbonyl (C=O) groups is 1. The van der Waals surface area contributed by atoms with Gasteiger partial charge in [-0.3, -0.25) is 9.78 Å². The fraction of sp³-hybridized carbons (Fsp3) is 0.400. The number of carbonyl (C=O) groups excluding carboxylic acids is 1. The summed E-state index contributed by atoms with van der Waals surface area (Å²) < 4.78 is 0. The number of hydrogen-bond acceptors (Lipinski definition) is 5. The number of anilines is 1. The minimum Gasteiger partial charge on any atom is -0.316 e. The third-order valence-electron chi connectivity index (χ3n) is 3.62. The number of pyridine rings is 1. The first-order valence-corrected chi connectivity index (χ1v) is 8.07. The van der Waals surface area contributed by atoms with Gasteiger partial charge in [-0.15, -0.1) is 36.2 Å². The summed E-state index contributed by atoms with van der Waals surface area (Å²) in [6, 6.07) is 5.71. The highest BCUT2D eigenvalue weighted by Crippen LogP contribution is 2.23. The van der Waals surface area contributed by atoms with E-state index < -0.39 is 0 Å². The average Bonchev–Trinajstić information content (AvgIpc) is 3.17. The van der Waals surface area contributed by atoms with Gasteiger partial charge in [-0.2, -0.15) is 0 Å². The first-order chi connectivity index (χ1) is 10.3. The Hall–Kier alpha value is -1.21. The number of halogens is 2. The van der Waals surface area contributed by atoms with Gasteiger partial charge in [-0.05, 0) is 44.0 Å². The van der Waals surface area contributed by atoms with Crippen molar-refractivity contribution in [3.63, 3.8) is 0 Å². The summed E-state index contributed by atoms with van der Waals surface area (Å²) in [6.45, 7) is 2.11. The molecule has 1 atom stereocenters. The Morgan fingerprint density at radius 2 is 2.22 bits per heavy atom. The van der Waals surface area contributed by atoms with E-state index in [2.05, 4.69) is 20.6 Å². The number of amides is 1. The van der Waals surface area contributed by atoms with Gasteiger partial charge in [-0.1, -0.05) is 6.07 Å². The van der Waals surface area contributed by atoms with Crippen LogP contribution in [0, 0.1) is 5.92 Å². The minimum absolute atomic E-state index is 0. The Balaban J connectivity index is 0.00000132. The first-order valence-electron chi connectivity index (χ1n) is 7.19. The summed E-state index contributed by atoms with van der Waals surface area (Å²) in [5, 5.41) is 8.75. The third kappa shape index (κ3) is 5.73. The highest BCUT2D eigenvalue weighted by molar-refractivity contribution is 7.14. The number of nitrogens with one attached hydrogen (secondary N) is 2. The molecule has 0 saturated carbocycles. The standard InChI is InChI=1S/C15H18N4OS.2ClH/c20-14(5-4-11-6-8-16-9-11)19-15-18-13(10-21-15)12-3-1-2-7-17-12;;/h1-3,7,10-11,16H,4-6,8-9H2,(H,18,19,20);2*1H. The molecule has 0 aromatic carbocycles. The van der Waals surface area contributed by atoms with Crippen molar-refractivity contribution in [1.29, 1.82) is 0 Å². The number of hydrogen-bond donors (Lipinski definition) is 2. The zero-order valence-electron chi connectivity index (χ0n) is 12.5. The summed E-state index contributed by atoms with van der Waals surface area (Å²) in [5.74, 6) is 0.681. The van der Waals surface area contributed by atoms with Crippen LogP contribution >= 0.6 is 36.2 Å². The van der Waals surface area contributed by atoms with Crippen molar-refractivity contribution in [2.75, 3.05) is 18.4 Å². The molecule has 3 heterocycles. The van der Waals surface area contributed by atoms with Crippen LogP contribution in [-0.2, 0) is 4.79 Å². The molecule has 1 aliphatic heterocycles. The Labute approximate surface area is 152 Å². The maximum Gasteiger partial charge on any atom is 0.226 e. The average molecular weight is 375 g/mol. The van der Waals surface area contributed by atoms with Crippen LogP contribution in [0.5, 0.6) is 0 Å². The zero-order chi connectivity index (χ0) is 14.5. The SMILES string of the molecule is Cl.Cl.O=C(CCC1CCNC1)Nc1nc(-c2ccccn2)cs1. The normalized spacial score (nSPS) is 16.3. The van der Waals surface area contributed by atoms with E-state index in [9.17, 15) is 4.79 Å². The van der Waals surface area contributed by atoms with Crippen molar-refractivity contribution >= 4 is 47.2 Å². The minimum atomic E-state index is 0. The maximum atomic E-state index is 11.9. The van der Waals surface area contributed by atoms with Gasteiger partial charge in [0.15, 0.2) is 5.13 Å². The van der Waals surface area contributed by atoms with Gasteiger partial charge in [0.1, 0.15) is 5.69 Å². The van der Waals surface area contributed by atoms with Gasteiger partial charge in [0.05, 0.1) is 5.69 Å². The van der Waals surface area contributed by atoms with E-state index in [1.807, 2.05) is 23.6 Å². The van der Waals surface area contributed by atoms with E-state index >= 15 is 0 Å². The summed E-state index contributed by atoms with van der Waals surface area (Å²) in [7, 11) is 0. The Bertz CT molecular complexity index is 603. The summed E-state index contributed by atoms with van der Waals surface area (Å²) in [5.41, 5.74) is 1.63. The quantitative estimate of drug-likeness (QED) is 0.841. The van der Waals surface area contributed by atoms with Crippen molar-refractivity contribution in [1.82, 2.24) is 15.3 Å². The molecule has 2 aromatic rings. The number of thiazole rings is 1. The molecule has 2 aromatic heterocycles. The largest absolute Gasteiger partial charge is 0.316 e. The molecule has 1 unspecified atom stereocenters.